The van der Waals surface area contributed by atoms with Crippen LogP contribution in [-0.4, -0.2) is 11.9 Å². The van der Waals surface area contributed by atoms with E-state index in [9.17, 15) is 13.6 Å². The van der Waals surface area contributed by atoms with E-state index in [2.05, 4.69) is 10.6 Å². The second-order valence-electron chi connectivity index (χ2n) is 4.32. The molecule has 0 aromatic heterocycles. The van der Waals surface area contributed by atoms with Crippen LogP contribution in [-0.2, 0) is 4.79 Å². The van der Waals surface area contributed by atoms with Gasteiger partial charge in [-0.3, -0.25) is 4.79 Å². The molecule has 104 valence electrons. The third-order valence-electron chi connectivity index (χ3n) is 2.76. The van der Waals surface area contributed by atoms with Crippen LogP contribution in [0.4, 0.5) is 20.2 Å². The van der Waals surface area contributed by atoms with Crippen molar-refractivity contribution >= 4 is 17.3 Å². The molecule has 1 unspecified atom stereocenters. The van der Waals surface area contributed by atoms with E-state index < -0.39 is 29.3 Å². The zero-order chi connectivity index (χ0) is 14.5. The molecule has 20 heavy (non-hydrogen) atoms. The number of halogens is 2. The first-order valence-corrected chi connectivity index (χ1v) is 6.14. The summed E-state index contributed by atoms with van der Waals surface area (Å²) >= 11 is 0. The average Bonchev–Trinajstić information content (AvgIpc) is 2.44. The van der Waals surface area contributed by atoms with Crippen LogP contribution >= 0.6 is 0 Å². The Bertz CT molecular complexity index is 582. The summed E-state index contributed by atoms with van der Waals surface area (Å²) in [5, 5.41) is 5.19. The van der Waals surface area contributed by atoms with Crippen LogP contribution in [0.5, 0.6) is 0 Å². The van der Waals surface area contributed by atoms with Crippen LogP contribution in [0, 0.1) is 11.6 Å². The van der Waals surface area contributed by atoms with Gasteiger partial charge < -0.3 is 10.6 Å². The molecule has 0 radical (unpaired) electrons. The fourth-order valence-electron chi connectivity index (χ4n) is 1.70. The molecule has 1 amide bonds. The summed E-state index contributed by atoms with van der Waals surface area (Å²) in [6.45, 7) is 1.61. The largest absolute Gasteiger partial charge is 0.374 e. The van der Waals surface area contributed by atoms with Crippen molar-refractivity contribution in [1.29, 1.82) is 0 Å². The molecule has 1 atom stereocenters. The zero-order valence-corrected chi connectivity index (χ0v) is 10.9. The first kappa shape index (κ1) is 14.0. The summed E-state index contributed by atoms with van der Waals surface area (Å²) in [6.07, 6.45) is 0. The van der Waals surface area contributed by atoms with Gasteiger partial charge in [-0.25, -0.2) is 8.78 Å². The highest BCUT2D eigenvalue weighted by Gasteiger charge is 2.17. The molecule has 0 fully saturated rings. The molecule has 0 aliphatic heterocycles. The van der Waals surface area contributed by atoms with Gasteiger partial charge in [0.15, 0.2) is 0 Å². The third kappa shape index (κ3) is 3.32. The molecular formula is C15H14F2N2O. The van der Waals surface area contributed by atoms with Crippen LogP contribution in [0.15, 0.2) is 48.5 Å². The van der Waals surface area contributed by atoms with Gasteiger partial charge >= 0.3 is 0 Å². The van der Waals surface area contributed by atoms with Crippen molar-refractivity contribution < 1.29 is 13.6 Å². The van der Waals surface area contributed by atoms with E-state index in [1.54, 1.807) is 19.1 Å². The van der Waals surface area contributed by atoms with Crippen molar-refractivity contribution in [1.82, 2.24) is 0 Å². The predicted octanol–water partition coefficient (Wildman–Crippen LogP) is 3.40. The van der Waals surface area contributed by atoms with E-state index in [1.165, 1.54) is 6.07 Å². The predicted molar refractivity (Wildman–Crippen MR) is 74.5 cm³/mol. The van der Waals surface area contributed by atoms with Gasteiger partial charge in [-0.15, -0.1) is 0 Å². The van der Waals surface area contributed by atoms with E-state index in [4.69, 9.17) is 0 Å². The number of nitrogens with one attached hydrogen (secondary N) is 2. The van der Waals surface area contributed by atoms with Crippen molar-refractivity contribution in [3.63, 3.8) is 0 Å². The van der Waals surface area contributed by atoms with Crippen LogP contribution in [0.1, 0.15) is 6.92 Å². The van der Waals surface area contributed by atoms with Crippen LogP contribution < -0.4 is 10.6 Å². The van der Waals surface area contributed by atoms with E-state index >= 15 is 0 Å². The minimum atomic E-state index is -0.801. The van der Waals surface area contributed by atoms with Gasteiger partial charge in [-0.05, 0) is 31.2 Å². The average molecular weight is 276 g/mol. The smallest absolute Gasteiger partial charge is 0.246 e. The Morgan fingerprint density at radius 2 is 1.60 bits per heavy atom. The van der Waals surface area contributed by atoms with Gasteiger partial charge in [0.2, 0.25) is 5.91 Å². The van der Waals surface area contributed by atoms with Gasteiger partial charge in [0.05, 0.1) is 0 Å². The molecule has 2 rings (SSSR count). The molecular weight excluding hydrogens is 262 g/mol. The highest BCUT2D eigenvalue weighted by atomic mass is 19.1. The molecule has 0 aliphatic rings. The molecule has 0 aliphatic carbocycles. The summed E-state index contributed by atoms with van der Waals surface area (Å²) in [5.41, 5.74) is 0.323. The van der Waals surface area contributed by atoms with Crippen molar-refractivity contribution in [2.45, 2.75) is 13.0 Å². The third-order valence-corrected chi connectivity index (χ3v) is 2.76. The maximum absolute atomic E-state index is 13.4. The van der Waals surface area contributed by atoms with Crippen molar-refractivity contribution in [2.75, 3.05) is 10.6 Å². The second kappa shape index (κ2) is 6.14. The number of amides is 1. The Kier molecular flexibility index (Phi) is 4.30. The lowest BCUT2D eigenvalue weighted by Crippen LogP contribution is -2.32. The molecule has 2 aromatic carbocycles. The van der Waals surface area contributed by atoms with Crippen molar-refractivity contribution in [2.24, 2.45) is 0 Å². The second-order valence-corrected chi connectivity index (χ2v) is 4.32. The van der Waals surface area contributed by atoms with E-state index in [0.717, 1.165) is 17.8 Å². The number of hydrogen-bond donors (Lipinski definition) is 2. The number of carbonyl (C=O) groups is 1. The molecule has 0 saturated heterocycles. The molecule has 0 spiro atoms. The Morgan fingerprint density at radius 1 is 1.00 bits per heavy atom. The van der Waals surface area contributed by atoms with Crippen LogP contribution in [0.25, 0.3) is 0 Å². The lowest BCUT2D eigenvalue weighted by molar-refractivity contribution is -0.116. The van der Waals surface area contributed by atoms with E-state index in [1.807, 2.05) is 18.2 Å². The van der Waals surface area contributed by atoms with Gasteiger partial charge in [0.1, 0.15) is 23.4 Å². The molecule has 2 N–H and O–H groups in total. The Hall–Kier alpha value is -2.43. The molecule has 0 bridgehead atoms. The van der Waals surface area contributed by atoms with Crippen LogP contribution in [0.2, 0.25) is 0 Å². The molecule has 0 saturated carbocycles. The van der Waals surface area contributed by atoms with Crippen molar-refractivity contribution in [3.8, 4) is 0 Å². The number of benzene rings is 2. The number of para-hydroxylation sites is 2. The monoisotopic (exact) mass is 276 g/mol. The molecule has 2 aromatic rings. The minimum absolute atomic E-state index is 0.431. The van der Waals surface area contributed by atoms with Gasteiger partial charge in [-0.1, -0.05) is 24.3 Å². The maximum atomic E-state index is 13.4. The number of hydrogen-bond acceptors (Lipinski definition) is 2. The maximum Gasteiger partial charge on any atom is 0.246 e. The summed E-state index contributed by atoms with van der Waals surface area (Å²) in [7, 11) is 0. The Labute approximate surface area is 115 Å². The van der Waals surface area contributed by atoms with E-state index in [0.29, 0.717) is 0 Å². The first-order valence-electron chi connectivity index (χ1n) is 6.14. The Balaban J connectivity index is 2.05. The minimum Gasteiger partial charge on any atom is -0.374 e. The van der Waals surface area contributed by atoms with E-state index in [-0.39, 0.29) is 0 Å². The number of rotatable bonds is 4. The van der Waals surface area contributed by atoms with Gasteiger partial charge in [0.25, 0.3) is 0 Å². The fourth-order valence-corrected chi connectivity index (χ4v) is 1.70. The topological polar surface area (TPSA) is 41.1 Å². The highest BCUT2D eigenvalue weighted by Crippen LogP contribution is 2.18. The van der Waals surface area contributed by atoms with Gasteiger partial charge in [0, 0.05) is 5.69 Å². The molecule has 3 nitrogen and oxygen atoms in total. The quantitative estimate of drug-likeness (QED) is 0.898. The fraction of sp³-hybridized carbons (Fsp3) is 0.133. The lowest BCUT2D eigenvalue weighted by atomic mass is 10.2. The lowest BCUT2D eigenvalue weighted by Gasteiger charge is -2.15. The summed E-state index contributed by atoms with van der Waals surface area (Å²) in [4.78, 5) is 11.9. The van der Waals surface area contributed by atoms with Crippen molar-refractivity contribution in [3.05, 3.63) is 60.2 Å². The zero-order valence-electron chi connectivity index (χ0n) is 10.9. The normalized spacial score (nSPS) is 11.8. The Morgan fingerprint density at radius 3 is 2.20 bits per heavy atom. The SMILES string of the molecule is CC(Nc1ccccc1)C(=O)Nc1c(F)cccc1F. The summed E-state index contributed by atoms with van der Waals surface area (Å²) in [6, 6.07) is 11.9. The summed E-state index contributed by atoms with van der Waals surface area (Å²) in [5.74, 6) is -2.12. The number of carbonyl (C=O) groups excluding carboxylic acids is 1. The number of anilines is 2. The highest BCUT2D eigenvalue weighted by molar-refractivity contribution is 5.96. The standard InChI is InChI=1S/C15H14F2N2O/c1-10(18-11-6-3-2-4-7-11)15(20)19-14-12(16)8-5-9-13(14)17/h2-10,18H,1H3,(H,19,20). The first-order chi connectivity index (χ1) is 9.58. The van der Waals surface area contributed by atoms with Crippen LogP contribution in [0.3, 0.4) is 0 Å². The summed E-state index contributed by atoms with van der Waals surface area (Å²) < 4.78 is 26.9. The molecule has 5 heteroatoms. The molecule has 0 heterocycles. The van der Waals surface area contributed by atoms with Gasteiger partial charge in [-0.2, -0.15) is 0 Å².